The van der Waals surface area contributed by atoms with Gasteiger partial charge in [0.15, 0.2) is 0 Å². The zero-order valence-corrected chi connectivity index (χ0v) is 18.0. The van der Waals surface area contributed by atoms with Gasteiger partial charge in [-0.15, -0.1) is 0 Å². The molecule has 28 heavy (non-hydrogen) atoms. The quantitative estimate of drug-likeness (QED) is 0.814. The molecule has 1 aliphatic heterocycles. The average Bonchev–Trinajstić information content (AvgIpc) is 2.70. The van der Waals surface area contributed by atoms with Crippen molar-refractivity contribution in [1.29, 1.82) is 0 Å². The standard InChI is InChI=1S/C23H37N3O2/c1-17-9-10-22(28-4)20(15-17)16-25-11-13-26(14-12-25)19(3)23(27)24-21-8-6-5-7-18(21)2/h9-10,15,18-19,21H,5-8,11-14,16H2,1-4H3,(H,24,27)/t18-,19-,21+/m1/s1. The van der Waals surface area contributed by atoms with Gasteiger partial charge in [-0.1, -0.05) is 37.5 Å². The Hall–Kier alpha value is -1.59. The fraction of sp³-hybridized carbons (Fsp3) is 0.696. The second-order valence-corrected chi connectivity index (χ2v) is 8.68. The van der Waals surface area contributed by atoms with Crippen LogP contribution in [-0.4, -0.2) is 61.1 Å². The number of carbonyl (C=O) groups excluding carboxylic acids is 1. The van der Waals surface area contributed by atoms with Crippen molar-refractivity contribution < 1.29 is 9.53 Å². The van der Waals surface area contributed by atoms with E-state index in [0.29, 0.717) is 12.0 Å². The molecule has 3 rings (SSSR count). The summed E-state index contributed by atoms with van der Waals surface area (Å²) >= 11 is 0. The van der Waals surface area contributed by atoms with Gasteiger partial charge in [0, 0.05) is 44.3 Å². The molecule has 1 saturated heterocycles. The molecule has 1 aromatic carbocycles. The molecule has 2 fully saturated rings. The highest BCUT2D eigenvalue weighted by atomic mass is 16.5. The van der Waals surface area contributed by atoms with Gasteiger partial charge in [0.05, 0.1) is 13.2 Å². The first-order chi connectivity index (χ1) is 13.5. The fourth-order valence-corrected chi connectivity index (χ4v) is 4.58. The Morgan fingerprint density at radius 1 is 1.21 bits per heavy atom. The van der Waals surface area contributed by atoms with Crippen LogP contribution in [0.4, 0.5) is 0 Å². The molecule has 2 aliphatic rings. The number of carbonyl (C=O) groups is 1. The maximum atomic E-state index is 12.8. The highest BCUT2D eigenvalue weighted by Gasteiger charge is 2.29. The summed E-state index contributed by atoms with van der Waals surface area (Å²) in [4.78, 5) is 17.6. The predicted octanol–water partition coefficient (Wildman–Crippen LogP) is 3.20. The highest BCUT2D eigenvalue weighted by Crippen LogP contribution is 2.24. The zero-order valence-electron chi connectivity index (χ0n) is 18.0. The van der Waals surface area contributed by atoms with Crippen molar-refractivity contribution in [2.75, 3.05) is 33.3 Å². The molecule has 1 N–H and O–H groups in total. The van der Waals surface area contributed by atoms with E-state index in [1.165, 1.54) is 30.4 Å². The second-order valence-electron chi connectivity index (χ2n) is 8.68. The van der Waals surface area contributed by atoms with Crippen molar-refractivity contribution in [1.82, 2.24) is 15.1 Å². The molecular formula is C23H37N3O2. The highest BCUT2D eigenvalue weighted by molar-refractivity contribution is 5.81. The first kappa shape index (κ1) is 21.1. The number of benzene rings is 1. The Bertz CT molecular complexity index is 655. The van der Waals surface area contributed by atoms with Crippen molar-refractivity contribution in [3.63, 3.8) is 0 Å². The number of hydrogen-bond donors (Lipinski definition) is 1. The smallest absolute Gasteiger partial charge is 0.237 e. The lowest BCUT2D eigenvalue weighted by Crippen LogP contribution is -2.55. The molecule has 5 nitrogen and oxygen atoms in total. The molecule has 1 saturated carbocycles. The van der Waals surface area contributed by atoms with Crippen molar-refractivity contribution in [3.8, 4) is 5.75 Å². The molecule has 5 heteroatoms. The van der Waals surface area contributed by atoms with E-state index in [4.69, 9.17) is 4.74 Å². The van der Waals surface area contributed by atoms with Crippen LogP contribution in [-0.2, 0) is 11.3 Å². The number of methoxy groups -OCH3 is 1. The fourth-order valence-electron chi connectivity index (χ4n) is 4.58. The SMILES string of the molecule is COc1ccc(C)cc1CN1CCN([C@H](C)C(=O)N[C@H]2CCCC[C@H]2C)CC1. The van der Waals surface area contributed by atoms with E-state index in [1.807, 2.05) is 0 Å². The number of nitrogens with one attached hydrogen (secondary N) is 1. The minimum Gasteiger partial charge on any atom is -0.496 e. The summed E-state index contributed by atoms with van der Waals surface area (Å²) in [5.41, 5.74) is 2.50. The lowest BCUT2D eigenvalue weighted by Gasteiger charge is -2.38. The first-order valence-electron chi connectivity index (χ1n) is 10.9. The number of aryl methyl sites for hydroxylation is 1. The van der Waals surface area contributed by atoms with E-state index >= 15 is 0 Å². The predicted molar refractivity (Wildman–Crippen MR) is 114 cm³/mol. The zero-order chi connectivity index (χ0) is 20.1. The number of rotatable bonds is 6. The topological polar surface area (TPSA) is 44.8 Å². The van der Waals surface area contributed by atoms with E-state index in [0.717, 1.165) is 44.9 Å². The molecule has 3 atom stereocenters. The summed E-state index contributed by atoms with van der Waals surface area (Å²) in [5.74, 6) is 1.76. The lowest BCUT2D eigenvalue weighted by atomic mass is 9.86. The van der Waals surface area contributed by atoms with Crippen LogP contribution in [0.1, 0.15) is 50.7 Å². The van der Waals surface area contributed by atoms with Crippen LogP contribution in [0.15, 0.2) is 18.2 Å². The largest absolute Gasteiger partial charge is 0.496 e. The Kier molecular flexibility index (Phi) is 7.36. The molecule has 1 aromatic rings. The number of hydrogen-bond acceptors (Lipinski definition) is 4. The summed E-state index contributed by atoms with van der Waals surface area (Å²) in [6.07, 6.45) is 4.91. The van der Waals surface area contributed by atoms with Gasteiger partial charge in [-0.3, -0.25) is 14.6 Å². The molecule has 0 aromatic heterocycles. The third-order valence-corrected chi connectivity index (χ3v) is 6.60. The maximum absolute atomic E-state index is 12.8. The number of amides is 1. The minimum absolute atomic E-state index is 0.0511. The monoisotopic (exact) mass is 387 g/mol. The normalized spacial score (nSPS) is 25.3. The summed E-state index contributed by atoms with van der Waals surface area (Å²) in [7, 11) is 1.74. The van der Waals surface area contributed by atoms with Gasteiger partial charge in [-0.2, -0.15) is 0 Å². The van der Waals surface area contributed by atoms with E-state index in [1.54, 1.807) is 7.11 Å². The van der Waals surface area contributed by atoms with Crippen molar-refractivity contribution >= 4 is 5.91 Å². The first-order valence-corrected chi connectivity index (χ1v) is 10.9. The maximum Gasteiger partial charge on any atom is 0.237 e. The van der Waals surface area contributed by atoms with Crippen LogP contribution in [0, 0.1) is 12.8 Å². The van der Waals surface area contributed by atoms with Crippen LogP contribution in [0.25, 0.3) is 0 Å². The number of piperazine rings is 1. The number of nitrogens with zero attached hydrogens (tertiary/aromatic N) is 2. The van der Waals surface area contributed by atoms with Crippen LogP contribution >= 0.6 is 0 Å². The molecule has 0 unspecified atom stereocenters. The molecule has 1 amide bonds. The van der Waals surface area contributed by atoms with E-state index in [2.05, 4.69) is 54.1 Å². The molecule has 156 valence electrons. The van der Waals surface area contributed by atoms with Crippen LogP contribution in [0.2, 0.25) is 0 Å². The van der Waals surface area contributed by atoms with Gasteiger partial charge in [-0.05, 0) is 38.7 Å². The van der Waals surface area contributed by atoms with Crippen LogP contribution < -0.4 is 10.1 Å². The van der Waals surface area contributed by atoms with Gasteiger partial charge >= 0.3 is 0 Å². The number of ether oxygens (including phenoxy) is 1. The van der Waals surface area contributed by atoms with E-state index in [-0.39, 0.29) is 11.9 Å². The van der Waals surface area contributed by atoms with Crippen LogP contribution in [0.5, 0.6) is 5.75 Å². The molecule has 0 bridgehead atoms. The molecule has 0 spiro atoms. The van der Waals surface area contributed by atoms with Crippen molar-refractivity contribution in [2.24, 2.45) is 5.92 Å². The van der Waals surface area contributed by atoms with Gasteiger partial charge in [0.25, 0.3) is 0 Å². The molecular weight excluding hydrogens is 350 g/mol. The Morgan fingerprint density at radius 2 is 1.93 bits per heavy atom. The van der Waals surface area contributed by atoms with Gasteiger partial charge < -0.3 is 10.1 Å². The van der Waals surface area contributed by atoms with E-state index < -0.39 is 0 Å². The Morgan fingerprint density at radius 3 is 2.61 bits per heavy atom. The average molecular weight is 388 g/mol. The van der Waals surface area contributed by atoms with Gasteiger partial charge in [-0.25, -0.2) is 0 Å². The van der Waals surface area contributed by atoms with E-state index in [9.17, 15) is 4.79 Å². The third kappa shape index (κ3) is 5.26. The molecule has 0 radical (unpaired) electrons. The van der Waals surface area contributed by atoms with Gasteiger partial charge in [0.1, 0.15) is 5.75 Å². The summed E-state index contributed by atoms with van der Waals surface area (Å²) in [5, 5.41) is 3.33. The molecule has 1 aliphatic carbocycles. The van der Waals surface area contributed by atoms with Crippen molar-refractivity contribution in [3.05, 3.63) is 29.3 Å². The summed E-state index contributed by atoms with van der Waals surface area (Å²) < 4.78 is 5.52. The second kappa shape index (κ2) is 9.75. The lowest BCUT2D eigenvalue weighted by molar-refractivity contribution is -0.127. The third-order valence-electron chi connectivity index (χ3n) is 6.60. The Labute approximate surface area is 170 Å². The summed E-state index contributed by atoms with van der Waals surface area (Å²) in [6, 6.07) is 6.67. The summed E-state index contributed by atoms with van der Waals surface area (Å²) in [6.45, 7) is 11.2. The minimum atomic E-state index is -0.0511. The van der Waals surface area contributed by atoms with Crippen molar-refractivity contribution in [2.45, 2.75) is 65.1 Å². The van der Waals surface area contributed by atoms with Crippen LogP contribution in [0.3, 0.4) is 0 Å². The van der Waals surface area contributed by atoms with Gasteiger partial charge in [0.2, 0.25) is 5.91 Å². The Balaban J connectivity index is 1.49. The molecule has 1 heterocycles.